The summed E-state index contributed by atoms with van der Waals surface area (Å²) >= 11 is 0. The van der Waals surface area contributed by atoms with Gasteiger partial charge in [-0.25, -0.2) is 28.8 Å². The molecule has 51 heteroatoms. The van der Waals surface area contributed by atoms with Crippen LogP contribution in [0.2, 0.25) is 0 Å². The molecule has 8 aliphatic heterocycles. The number of para-hydroxylation sites is 2. The van der Waals surface area contributed by atoms with Gasteiger partial charge in [-0.1, -0.05) is 78.1 Å². The molecule has 14 heterocycles. The molecule has 8 fully saturated rings. The third-order valence-corrected chi connectivity index (χ3v) is 23.6. The number of carbonyl (C=O) groups excluding carboxylic acids is 5. The molecule has 766 valence electrons. The highest BCUT2D eigenvalue weighted by atomic mass is 16.6. The number of likely N-dealkylation sites (tertiary alicyclic amines) is 1. The Labute approximate surface area is 790 Å². The molecular formula is C88H126N18O33. The fourth-order valence-electron chi connectivity index (χ4n) is 16.1. The molecule has 0 aliphatic carbocycles. The lowest BCUT2D eigenvalue weighted by Gasteiger charge is -2.26. The van der Waals surface area contributed by atoms with Crippen LogP contribution in [0.4, 0.5) is 0 Å². The first-order valence-electron chi connectivity index (χ1n) is 43.8. The fourth-order valence-corrected chi connectivity index (χ4v) is 16.1. The molecule has 8 saturated heterocycles. The summed E-state index contributed by atoms with van der Waals surface area (Å²) in [6, 6.07) is 14.7. The summed E-state index contributed by atoms with van der Waals surface area (Å²) in [6.45, 7) is 5.38. The molecule has 0 bridgehead atoms. The zero-order valence-corrected chi connectivity index (χ0v) is 73.1. The van der Waals surface area contributed by atoms with Crippen LogP contribution in [0.5, 0.6) is 0 Å². The summed E-state index contributed by atoms with van der Waals surface area (Å²) in [6.07, 6.45) is -0.556. The lowest BCUT2D eigenvalue weighted by Crippen LogP contribution is -2.41. The summed E-state index contributed by atoms with van der Waals surface area (Å²) in [5.41, 5.74) is -6.11. The molecule has 0 spiro atoms. The number of carbonyl (C=O) groups is 5. The number of ether oxygens (including phenoxy) is 7. The fraction of sp³-hybridized carbons (Fsp3) is 0.568. The van der Waals surface area contributed by atoms with Crippen LogP contribution in [0.25, 0.3) is 11.0 Å². The molecule has 8 aliphatic rings. The van der Waals surface area contributed by atoms with Gasteiger partial charge in [-0.15, -0.1) is 0 Å². The minimum atomic E-state index is -0.986. The first-order chi connectivity index (χ1) is 64.7. The Kier molecular flexibility index (Phi) is 42.0. The summed E-state index contributed by atoms with van der Waals surface area (Å²) in [4.78, 5) is 210. The molecule has 139 heavy (non-hydrogen) atoms. The lowest BCUT2D eigenvalue weighted by atomic mass is 10.1. The van der Waals surface area contributed by atoms with Crippen molar-refractivity contribution in [1.82, 2.24) is 88.8 Å². The van der Waals surface area contributed by atoms with Gasteiger partial charge in [-0.05, 0) is 76.2 Å². The third kappa shape index (κ3) is 28.5. The topological polar surface area (TPSA) is 728 Å². The number of imidazole rings is 1. The van der Waals surface area contributed by atoms with Crippen LogP contribution in [0, 0.1) is 6.92 Å². The van der Waals surface area contributed by atoms with Gasteiger partial charge in [-0.2, -0.15) is 0 Å². The molecule has 16 rings (SSSR count). The van der Waals surface area contributed by atoms with Crippen molar-refractivity contribution in [2.75, 3.05) is 92.1 Å². The second-order valence-electron chi connectivity index (χ2n) is 33.0. The van der Waals surface area contributed by atoms with Crippen LogP contribution >= 0.6 is 0 Å². The van der Waals surface area contributed by atoms with E-state index in [-0.39, 0.29) is 147 Å². The SMILES string of the molecule is C.C.C.C.Cc1ccc(CNC(=O)c2cn([C@H]3CC(O)[C@@H](CO)O3)c(=O)[nH]c2=O)cc1.O=C(NCCN1CCCCC1)c1cn([C@H]2CC(O)[C@@H](CO)O2)c(=O)[nH]c1=O.O=C(NCCn1c(=O)[nH]c2ccccc21)c1cn([C@H]2CC(O)[C@@H](CO)O2)c(=O)[nH]c1=O.O=C(NC[C@@H]1CCCO1)c1cn([C@H]2CC(O)[C@@H](CO)O2)c(=O)[nH]c1=O.O=C(NC[C@H]1CCCO1)c1cn([C@H]2CC(O)[C@@H](CO)O2)c(=O)[nH]c1=O. The Balaban J connectivity index is 0.000000212. The zero-order chi connectivity index (χ0) is 97.0. The van der Waals surface area contributed by atoms with Crippen molar-refractivity contribution in [2.45, 2.75) is 231 Å². The maximum absolute atomic E-state index is 12.5. The minimum Gasteiger partial charge on any atom is -0.394 e. The highest BCUT2D eigenvalue weighted by molar-refractivity contribution is 5.95. The Morgan fingerprint density at radius 2 is 0.669 bits per heavy atom. The molecule has 17 atom stereocenters. The van der Waals surface area contributed by atoms with E-state index in [4.69, 9.17) is 53.6 Å². The van der Waals surface area contributed by atoms with Gasteiger partial charge in [0, 0.05) is 122 Å². The largest absolute Gasteiger partial charge is 0.394 e. The summed E-state index contributed by atoms with van der Waals surface area (Å²) in [5.74, 6) is -3.19. The Hall–Kier alpha value is -12.3. The van der Waals surface area contributed by atoms with Gasteiger partial charge in [0.2, 0.25) is 0 Å². The number of amides is 5. The number of fused-ring (bicyclic) bond motifs is 1. The molecule has 5 amide bonds. The van der Waals surface area contributed by atoms with Crippen molar-refractivity contribution in [3.05, 3.63) is 233 Å². The van der Waals surface area contributed by atoms with Crippen LogP contribution in [0.3, 0.4) is 0 Å². The van der Waals surface area contributed by atoms with Gasteiger partial charge in [-0.3, -0.25) is 100 Å². The van der Waals surface area contributed by atoms with E-state index < -0.39 is 204 Å². The van der Waals surface area contributed by atoms with Crippen LogP contribution in [0.1, 0.15) is 201 Å². The monoisotopic (exact) mass is 1960 g/mol. The Morgan fingerprint density at radius 1 is 0.367 bits per heavy atom. The number of piperidine rings is 1. The highest BCUT2D eigenvalue weighted by Gasteiger charge is 2.41. The number of aliphatic hydroxyl groups excluding tert-OH is 10. The van der Waals surface area contributed by atoms with Crippen molar-refractivity contribution in [3.8, 4) is 0 Å². The van der Waals surface area contributed by atoms with Crippen molar-refractivity contribution in [2.24, 2.45) is 0 Å². The summed E-state index contributed by atoms with van der Waals surface area (Å²) < 4.78 is 44.5. The molecule has 21 N–H and O–H groups in total. The minimum absolute atomic E-state index is 0. The van der Waals surface area contributed by atoms with Crippen molar-refractivity contribution < 1.29 is 108 Å². The van der Waals surface area contributed by atoms with E-state index in [9.17, 15) is 107 Å². The Bertz CT molecular complexity index is 6030. The standard InChI is InChI=1S/C19H21N5O7.C18H21N3O6.C17H26N4O6.2C15H21N3O7.4CH4/c25-9-14-13(26)7-15(31-14)24-8-10(17(28)22-19(24)30)16(27)20-5-6-23-12-4-2-1-3-11(12)21-18(23)29;1-10-2-4-11(5-3-10)7-19-16(24)12-8-21(18(26)20-17(12)25)15-6-13(23)14(9-22)27-15;22-10-13-12(23)8-14(27-13)21-9-11(16(25)19-17(21)26)15(24)18-4-7-20-5-2-1-3-6-20;2*19-7-11-10(20)4-12(25-11)18-6-9(14(22)17-15(18)23)13(21)16-5-8-2-1-3-24-8;;;;/h1-4,8,13-15,25-26H,5-7,9H2,(H,20,27)(H,21,29)(H,22,28,30);2-5,8,13-15,22-23H,6-7,9H2,1H3,(H,19,24)(H,20,25,26);9,12-14,22-23H,1-8,10H2,(H,18,24)(H,19,25,26);2*6,8,10-12,19-20H,1-5,7H2,(H,16,21)(H,17,22,23);4*1H4/t2*13?,14-,15-;12?,13-,14-;8-,10?,11+,12+;8-,10?,11-,12-;;;;/m11101..../s1. The van der Waals surface area contributed by atoms with Crippen LogP contribution in [-0.4, -0.2) is 308 Å². The molecule has 0 saturated carbocycles. The molecule has 2 aromatic carbocycles. The smallest absolute Gasteiger partial charge is 0.330 e. The van der Waals surface area contributed by atoms with E-state index >= 15 is 0 Å². The highest BCUT2D eigenvalue weighted by Crippen LogP contribution is 2.32. The number of aromatic nitrogens is 12. The molecule has 6 aromatic heterocycles. The van der Waals surface area contributed by atoms with Crippen molar-refractivity contribution in [1.29, 1.82) is 0 Å². The lowest BCUT2D eigenvalue weighted by molar-refractivity contribution is -0.0459. The maximum atomic E-state index is 12.5. The number of aryl methyl sites for hydroxylation is 1. The number of hydrogen-bond donors (Lipinski definition) is 21. The second-order valence-corrected chi connectivity index (χ2v) is 33.0. The number of nitrogens with zero attached hydrogens (tertiary/aromatic N) is 7. The predicted octanol–water partition coefficient (Wildman–Crippen LogP) is -5.22. The van der Waals surface area contributed by atoms with Gasteiger partial charge in [0.15, 0.2) is 0 Å². The molecule has 0 radical (unpaired) electrons. The van der Waals surface area contributed by atoms with Gasteiger partial charge < -0.3 is 121 Å². The molecule has 5 unspecified atom stereocenters. The van der Waals surface area contributed by atoms with Gasteiger partial charge >= 0.3 is 34.1 Å². The first kappa shape index (κ1) is 112. The first-order valence-corrected chi connectivity index (χ1v) is 43.8. The van der Waals surface area contributed by atoms with E-state index in [0.717, 1.165) is 117 Å². The number of nitrogens with one attached hydrogen (secondary N) is 11. The zero-order valence-electron chi connectivity index (χ0n) is 73.1. The average molecular weight is 1960 g/mol. The number of aliphatic hydroxyl groups is 10. The normalized spacial score (nSPS) is 24.5. The van der Waals surface area contributed by atoms with Crippen LogP contribution < -0.4 is 88.5 Å². The molecule has 51 nitrogen and oxygen atoms in total. The molecule has 8 aromatic rings. The van der Waals surface area contributed by atoms with Crippen molar-refractivity contribution >= 4 is 40.6 Å². The van der Waals surface area contributed by atoms with Crippen molar-refractivity contribution in [3.63, 3.8) is 0 Å². The van der Waals surface area contributed by atoms with Crippen LogP contribution in [0.15, 0.2) is 132 Å². The van der Waals surface area contributed by atoms with Gasteiger partial charge in [0.25, 0.3) is 57.3 Å². The van der Waals surface area contributed by atoms with E-state index in [1.807, 2.05) is 31.2 Å². The number of rotatable bonds is 27. The quantitative estimate of drug-likeness (QED) is 0.0229. The summed E-state index contributed by atoms with van der Waals surface area (Å²) in [7, 11) is 0. The number of benzene rings is 2. The second kappa shape index (κ2) is 52.1. The number of aromatic amines is 6. The third-order valence-electron chi connectivity index (χ3n) is 23.6. The van der Waals surface area contributed by atoms with E-state index in [0.29, 0.717) is 37.3 Å². The average Bonchev–Trinajstić information content (AvgIpc) is 1.75. The number of H-pyrrole nitrogens is 6. The van der Waals surface area contributed by atoms with Crippen LogP contribution in [-0.2, 0) is 46.2 Å². The maximum Gasteiger partial charge on any atom is 0.330 e. The summed E-state index contributed by atoms with van der Waals surface area (Å²) in [5, 5.41) is 108. The van der Waals surface area contributed by atoms with E-state index in [1.165, 1.54) is 11.0 Å². The van der Waals surface area contributed by atoms with Gasteiger partial charge in [0.05, 0.1) is 86.8 Å². The van der Waals surface area contributed by atoms with E-state index in [2.05, 4.69) is 61.4 Å². The van der Waals surface area contributed by atoms with Gasteiger partial charge in [0.1, 0.15) is 89.5 Å². The van der Waals surface area contributed by atoms with E-state index in [1.54, 1.807) is 24.3 Å². The molecular weight excluding hydrogens is 1840 g/mol. The predicted molar refractivity (Wildman–Crippen MR) is 494 cm³/mol. The Morgan fingerprint density at radius 3 is 0.971 bits per heavy atom. The number of hydrogen-bond acceptors (Lipinski definition) is 34.